The molecule has 0 aliphatic heterocycles. The molecule has 0 heterocycles. The third-order valence-corrected chi connectivity index (χ3v) is 0. The first-order chi connectivity index (χ1) is 3.41. The maximum absolute atomic E-state index is 8.55. The van der Waals surface area contributed by atoms with E-state index in [2.05, 4.69) is 0 Å². The fraction of sp³-hybridized carbons (Fsp3) is 0. The maximum Gasteiger partial charge on any atom is 2.00 e. The van der Waals surface area contributed by atoms with Crippen LogP contribution in [0.25, 0.3) is 0 Å². The van der Waals surface area contributed by atoms with Crippen molar-refractivity contribution in [2.75, 3.05) is 0 Å². The van der Waals surface area contributed by atoms with Crippen molar-refractivity contribution in [3.05, 3.63) is 0 Å². The van der Waals surface area contributed by atoms with Crippen molar-refractivity contribution in [2.24, 2.45) is 0 Å². The van der Waals surface area contributed by atoms with Crippen LogP contribution in [0.4, 0.5) is 0 Å². The van der Waals surface area contributed by atoms with E-state index in [0.717, 1.165) is 0 Å². The van der Waals surface area contributed by atoms with Crippen LogP contribution in [-0.2, 0) is 9.36 Å². The summed E-state index contributed by atoms with van der Waals surface area (Å²) in [6.45, 7) is 0.500. The van der Waals surface area contributed by atoms with Gasteiger partial charge in [0.2, 0.25) is 0 Å². The van der Waals surface area contributed by atoms with Crippen LogP contribution in [0.3, 0.4) is 0 Å². The molecule has 0 aliphatic rings. The van der Waals surface area contributed by atoms with Crippen LogP contribution in [0.1, 0.15) is 0 Å². The molecule has 0 fully saturated rings. The molecule has 0 spiro atoms. The minimum atomic E-state index is -5.39. The van der Waals surface area contributed by atoms with Crippen molar-refractivity contribution >= 4 is 89.8 Å². The van der Waals surface area contributed by atoms with Gasteiger partial charge in [0, 0.05) is 0 Å². The molecule has 0 aliphatic carbocycles. The summed E-state index contributed by atoms with van der Waals surface area (Å²) in [6.07, 6.45) is 0. The quantitative estimate of drug-likeness (QED) is 0.252. The Morgan fingerprint density at radius 2 is 1.20 bits per heavy atom. The Labute approximate surface area is 117 Å². The third-order valence-electron chi connectivity index (χ3n) is 0. The van der Waals surface area contributed by atoms with Gasteiger partial charge in [-0.25, -0.2) is 0 Å². The summed E-state index contributed by atoms with van der Waals surface area (Å²) in [5.74, 6) is 0. The van der Waals surface area contributed by atoms with Gasteiger partial charge in [0.05, 0.1) is 0 Å². The largest absolute Gasteiger partial charge is 2.00 e. The van der Waals surface area contributed by atoms with E-state index in [-0.39, 0.29) is 75.5 Å². The SMILES string of the molecule is O=P([O-])([O-])[O-].O=[C-]O.[Ca+2].[Ca+2]. The Hall–Kier alpha value is 2.10. The molecule has 0 rings (SSSR count). The number of rotatable bonds is 0. The Bertz CT molecular complexity index is 89.7. The van der Waals surface area contributed by atoms with Gasteiger partial charge >= 0.3 is 75.5 Å². The molecule has 0 radical (unpaired) electrons. The van der Waals surface area contributed by atoms with Crippen LogP contribution in [-0.4, -0.2) is 87.1 Å². The molecule has 0 bridgehead atoms. The molecule has 9 heteroatoms. The summed E-state index contributed by atoms with van der Waals surface area (Å²) >= 11 is 0. The van der Waals surface area contributed by atoms with Crippen molar-refractivity contribution in [3.63, 3.8) is 0 Å². The summed E-state index contributed by atoms with van der Waals surface area (Å²) in [7, 11) is -5.39. The zero-order chi connectivity index (χ0) is 7.21. The fourth-order valence-corrected chi connectivity index (χ4v) is 0. The monoisotopic (exact) mass is 220 g/mol. The third kappa shape index (κ3) is 190. The maximum atomic E-state index is 8.55. The van der Waals surface area contributed by atoms with E-state index >= 15 is 0 Å². The predicted molar refractivity (Wildman–Crippen MR) is 27.4 cm³/mol. The second-order valence-corrected chi connectivity index (χ2v) is 1.43. The molecule has 0 aromatic heterocycles. The van der Waals surface area contributed by atoms with E-state index in [1.54, 1.807) is 0 Å². The normalized spacial score (nSPS) is 7.10. The van der Waals surface area contributed by atoms with E-state index in [1.165, 1.54) is 0 Å². The zero-order valence-electron chi connectivity index (χ0n) is 4.85. The second kappa shape index (κ2) is 13.7. The van der Waals surface area contributed by atoms with E-state index in [0.29, 0.717) is 6.47 Å². The van der Waals surface area contributed by atoms with Gasteiger partial charge in [0.25, 0.3) is 0 Å². The Morgan fingerprint density at radius 1 is 1.20 bits per heavy atom. The molecule has 0 aromatic rings. The summed E-state index contributed by atoms with van der Waals surface area (Å²) < 4.78 is 8.55. The molecule has 10 heavy (non-hydrogen) atoms. The van der Waals surface area contributed by atoms with E-state index in [9.17, 15) is 0 Å². The topological polar surface area (TPSA) is 124 Å². The predicted octanol–water partition coefficient (Wildman–Crippen LogP) is -3.97. The van der Waals surface area contributed by atoms with Gasteiger partial charge in [-0.15, -0.1) is 0 Å². The molecule has 50 valence electrons. The smallest absolute Gasteiger partial charge is 0.822 e. The van der Waals surface area contributed by atoms with Gasteiger partial charge in [-0.2, -0.15) is 7.82 Å². The summed E-state index contributed by atoms with van der Waals surface area (Å²) in [4.78, 5) is 33.9. The minimum Gasteiger partial charge on any atom is -0.822 e. The fourth-order valence-electron chi connectivity index (χ4n) is 0. The Balaban J connectivity index is -0.0000000326. The first-order valence-corrected chi connectivity index (χ1v) is 2.62. The standard InChI is InChI=1S/CHO2.2Ca.H3O4P/c2-1-3;;;1-5(2,3)4/h(H,2,3);;;(H3,1,2,3,4)/q-1;2*+2;/p-3. The number of hydrogen-bond acceptors (Lipinski definition) is 5. The van der Waals surface area contributed by atoms with Crippen LogP contribution in [0.5, 0.6) is 0 Å². The van der Waals surface area contributed by atoms with Crippen LogP contribution < -0.4 is 14.7 Å². The van der Waals surface area contributed by atoms with Crippen molar-refractivity contribution in [1.82, 2.24) is 0 Å². The number of phosphoric acid groups is 1. The van der Waals surface area contributed by atoms with Gasteiger partial charge < -0.3 is 29.1 Å². The number of hydrogen-bond donors (Lipinski definition) is 1. The van der Waals surface area contributed by atoms with Gasteiger partial charge in [-0.3, -0.25) is 0 Å². The Morgan fingerprint density at radius 3 is 1.20 bits per heavy atom. The van der Waals surface area contributed by atoms with Crippen LogP contribution in [0.2, 0.25) is 0 Å². The average Bonchev–Trinajstić information content (AvgIpc) is 1.27. The van der Waals surface area contributed by atoms with Crippen LogP contribution >= 0.6 is 7.82 Å². The summed E-state index contributed by atoms with van der Waals surface area (Å²) in [5.41, 5.74) is 0. The minimum absolute atomic E-state index is 0. The van der Waals surface area contributed by atoms with Crippen molar-refractivity contribution in [3.8, 4) is 0 Å². The molecule has 0 amide bonds. The first-order valence-electron chi connectivity index (χ1n) is 1.16. The van der Waals surface area contributed by atoms with E-state index < -0.39 is 7.82 Å². The molecule has 0 unspecified atom stereocenters. The molecule has 0 atom stereocenters. The van der Waals surface area contributed by atoms with Crippen LogP contribution in [0.15, 0.2) is 0 Å². The second-order valence-electron chi connectivity index (χ2n) is 0.539. The van der Waals surface area contributed by atoms with E-state index in [4.69, 9.17) is 29.1 Å². The zero-order valence-corrected chi connectivity index (χ0v) is 10.2. The molecule has 0 saturated heterocycles. The Kier molecular flexibility index (Phi) is 31.1. The summed E-state index contributed by atoms with van der Waals surface area (Å²) in [5, 5.41) is 6.76. The van der Waals surface area contributed by atoms with Gasteiger partial charge in [0.1, 0.15) is 0 Å². The van der Waals surface area contributed by atoms with Gasteiger partial charge in [-0.1, -0.05) is 6.47 Å². The molecular formula is CHCa2O6P. The molecule has 6 nitrogen and oxygen atoms in total. The molecule has 1 N–H and O–H groups in total. The molecule has 0 saturated carbocycles. The molecular weight excluding hydrogens is 219 g/mol. The van der Waals surface area contributed by atoms with Gasteiger partial charge in [0.15, 0.2) is 0 Å². The molecule has 0 aromatic carbocycles. The summed E-state index contributed by atoms with van der Waals surface area (Å²) in [6, 6.07) is 0. The van der Waals surface area contributed by atoms with Crippen LogP contribution in [0, 0.1) is 0 Å². The number of aliphatic hydroxyl groups excluding tert-OH is 1. The van der Waals surface area contributed by atoms with Crippen molar-refractivity contribution in [1.29, 1.82) is 0 Å². The van der Waals surface area contributed by atoms with Crippen molar-refractivity contribution in [2.45, 2.75) is 0 Å². The average molecular weight is 220 g/mol. The van der Waals surface area contributed by atoms with Crippen molar-refractivity contribution < 1.29 is 29.1 Å². The first kappa shape index (κ1) is 22.7. The van der Waals surface area contributed by atoms with Gasteiger partial charge in [-0.05, 0) is 0 Å². The van der Waals surface area contributed by atoms with E-state index in [1.807, 2.05) is 0 Å².